The van der Waals surface area contributed by atoms with Crippen LogP contribution in [0, 0.1) is 18.6 Å². The first-order chi connectivity index (χ1) is 15.0. The Kier molecular flexibility index (Phi) is 5.19. The lowest BCUT2D eigenvalue weighted by atomic mass is 9.87. The highest BCUT2D eigenvalue weighted by molar-refractivity contribution is 7.99. The summed E-state index contributed by atoms with van der Waals surface area (Å²) < 4.78 is 29.6. The number of thiazole rings is 1. The van der Waals surface area contributed by atoms with Crippen molar-refractivity contribution in [2.75, 3.05) is 5.32 Å². The van der Waals surface area contributed by atoms with Gasteiger partial charge in [0.15, 0.2) is 11.3 Å². The molecule has 31 heavy (non-hydrogen) atoms. The number of hydrogen-bond acceptors (Lipinski definition) is 5. The number of aryl methyl sites for hydroxylation is 1. The van der Waals surface area contributed by atoms with Gasteiger partial charge in [0.2, 0.25) is 5.03 Å². The average Bonchev–Trinajstić information content (AvgIpc) is 3.45. The van der Waals surface area contributed by atoms with E-state index in [1.807, 2.05) is 42.8 Å². The summed E-state index contributed by atoms with van der Waals surface area (Å²) in [6.45, 7) is 1.93. The number of aromatic nitrogens is 3. The summed E-state index contributed by atoms with van der Waals surface area (Å²) in [6, 6.07) is 11.8. The molecule has 156 valence electrons. The smallest absolute Gasteiger partial charge is 0.243 e. The molecule has 4 nitrogen and oxygen atoms in total. The van der Waals surface area contributed by atoms with Crippen LogP contribution in [0.15, 0.2) is 70.2 Å². The lowest BCUT2D eigenvalue weighted by molar-refractivity contribution is -0.426. The van der Waals surface area contributed by atoms with Crippen LogP contribution in [0.4, 0.5) is 19.7 Å². The Labute approximate surface area is 186 Å². The largest absolute Gasteiger partial charge is 0.316 e. The van der Waals surface area contributed by atoms with E-state index in [1.54, 1.807) is 6.20 Å². The van der Waals surface area contributed by atoms with Gasteiger partial charge in [-0.2, -0.15) is 0 Å². The van der Waals surface area contributed by atoms with Crippen LogP contribution >= 0.6 is 23.1 Å². The summed E-state index contributed by atoms with van der Waals surface area (Å²) in [5, 5.41) is 6.84. The van der Waals surface area contributed by atoms with Crippen LogP contribution in [0.3, 0.4) is 0 Å². The first-order valence-corrected chi connectivity index (χ1v) is 11.5. The van der Waals surface area contributed by atoms with Crippen molar-refractivity contribution in [3.05, 3.63) is 88.7 Å². The molecule has 1 saturated carbocycles. The van der Waals surface area contributed by atoms with Gasteiger partial charge < -0.3 is 5.32 Å². The second-order valence-electron chi connectivity index (χ2n) is 7.49. The van der Waals surface area contributed by atoms with E-state index in [2.05, 4.69) is 20.3 Å². The van der Waals surface area contributed by atoms with E-state index in [4.69, 9.17) is 0 Å². The molecule has 4 aromatic rings. The number of nitrogens with zero attached hydrogens (tertiary/aromatic N) is 2. The quantitative estimate of drug-likeness (QED) is 0.394. The van der Waals surface area contributed by atoms with Crippen molar-refractivity contribution in [1.29, 1.82) is 0 Å². The fraction of sp³-hybridized carbons (Fsp3) is 0.174. The van der Waals surface area contributed by atoms with Crippen molar-refractivity contribution >= 4 is 34.0 Å². The van der Waals surface area contributed by atoms with E-state index < -0.39 is 17.0 Å². The summed E-state index contributed by atoms with van der Waals surface area (Å²) in [5.41, 5.74) is 1.22. The molecule has 1 fully saturated rings. The highest BCUT2D eigenvalue weighted by atomic mass is 32.2. The third kappa shape index (κ3) is 3.93. The predicted molar refractivity (Wildman–Crippen MR) is 118 cm³/mol. The van der Waals surface area contributed by atoms with Crippen LogP contribution < -0.4 is 10.3 Å². The summed E-state index contributed by atoms with van der Waals surface area (Å²) in [7, 11) is 0. The standard InChI is InChI=1S/C23H18F2N4S2/c1-14-13-30-22(28-14)29-19-11-15(18(12-27-19)31-20-7-2-3-10-26-20)23(8-9-23)21-16(24)5-4-6-17(21)25/h2-7,10-13H,8-9H2,1H3,(H,27,28,29)/p+1. The number of halogens is 2. The fourth-order valence-electron chi connectivity index (χ4n) is 3.78. The number of rotatable bonds is 6. The Hall–Kier alpha value is -2.84. The van der Waals surface area contributed by atoms with Crippen molar-refractivity contribution in [1.82, 2.24) is 9.97 Å². The molecular weight excluding hydrogens is 434 g/mol. The van der Waals surface area contributed by atoms with Gasteiger partial charge in [-0.3, -0.25) is 0 Å². The normalized spacial score (nSPS) is 14.4. The van der Waals surface area contributed by atoms with Gasteiger partial charge in [-0.25, -0.2) is 23.7 Å². The summed E-state index contributed by atoms with van der Waals surface area (Å²) in [4.78, 5) is 13.0. The summed E-state index contributed by atoms with van der Waals surface area (Å²) >= 11 is 2.99. The van der Waals surface area contributed by atoms with Crippen molar-refractivity contribution in [2.24, 2.45) is 0 Å². The lowest BCUT2D eigenvalue weighted by Crippen LogP contribution is -2.16. The molecule has 1 aliphatic rings. The molecule has 0 radical (unpaired) electrons. The SMILES string of the molecule is Cc1csc(Nc2cc(C3(c4c(F)cccc4F)CC3)c(Sc3cccc[nH+]3)cn2)n1. The Morgan fingerprint density at radius 2 is 1.94 bits per heavy atom. The Bertz CT molecular complexity index is 1220. The number of pyridine rings is 2. The van der Waals surface area contributed by atoms with Crippen molar-refractivity contribution in [3.8, 4) is 0 Å². The number of anilines is 2. The molecule has 0 saturated heterocycles. The van der Waals surface area contributed by atoms with Gasteiger partial charge in [-0.15, -0.1) is 11.3 Å². The molecule has 0 aliphatic heterocycles. The Morgan fingerprint density at radius 3 is 2.58 bits per heavy atom. The molecule has 3 aromatic heterocycles. The highest BCUT2D eigenvalue weighted by Gasteiger charge is 2.51. The maximum Gasteiger partial charge on any atom is 0.243 e. The van der Waals surface area contributed by atoms with Gasteiger partial charge in [-0.05, 0) is 61.4 Å². The van der Waals surface area contributed by atoms with Crippen LogP contribution in [0.5, 0.6) is 0 Å². The number of hydrogen-bond donors (Lipinski definition) is 1. The van der Waals surface area contributed by atoms with Crippen LogP contribution in [0.2, 0.25) is 0 Å². The molecule has 5 rings (SSSR count). The van der Waals surface area contributed by atoms with E-state index in [-0.39, 0.29) is 5.56 Å². The van der Waals surface area contributed by atoms with Gasteiger partial charge in [-0.1, -0.05) is 6.07 Å². The molecule has 1 aromatic carbocycles. The van der Waals surface area contributed by atoms with Crippen LogP contribution in [-0.4, -0.2) is 9.97 Å². The number of benzene rings is 1. The van der Waals surface area contributed by atoms with Gasteiger partial charge in [0, 0.05) is 39.6 Å². The first kappa shape index (κ1) is 20.1. The van der Waals surface area contributed by atoms with E-state index in [0.29, 0.717) is 18.7 Å². The van der Waals surface area contributed by atoms with Crippen molar-refractivity contribution in [2.45, 2.75) is 35.1 Å². The third-order valence-corrected chi connectivity index (χ3v) is 7.22. The minimum absolute atomic E-state index is 0.135. The second-order valence-corrected chi connectivity index (χ2v) is 9.43. The number of H-pyrrole nitrogens is 1. The van der Waals surface area contributed by atoms with Crippen LogP contribution in [0.1, 0.15) is 29.7 Å². The number of aromatic amines is 1. The molecule has 0 spiro atoms. The van der Waals surface area contributed by atoms with E-state index in [0.717, 1.165) is 26.3 Å². The molecular formula is C23H19F2N4S2+. The number of nitrogens with one attached hydrogen (secondary N) is 2. The zero-order valence-corrected chi connectivity index (χ0v) is 18.3. The van der Waals surface area contributed by atoms with Gasteiger partial charge in [0.1, 0.15) is 17.5 Å². The van der Waals surface area contributed by atoms with Gasteiger partial charge in [0.05, 0.1) is 5.69 Å². The fourth-order valence-corrected chi connectivity index (χ4v) is 5.46. The maximum absolute atomic E-state index is 14.8. The maximum atomic E-state index is 14.8. The molecule has 0 amide bonds. The van der Waals surface area contributed by atoms with E-state index in [9.17, 15) is 8.78 Å². The zero-order valence-electron chi connectivity index (χ0n) is 16.7. The predicted octanol–water partition coefficient (Wildman–Crippen LogP) is 5.91. The van der Waals surface area contributed by atoms with Gasteiger partial charge in [0.25, 0.3) is 0 Å². The van der Waals surface area contributed by atoms with Crippen LogP contribution in [0.25, 0.3) is 0 Å². The first-order valence-electron chi connectivity index (χ1n) is 9.84. The minimum atomic E-state index is -0.704. The molecule has 2 N–H and O–H groups in total. The third-order valence-electron chi connectivity index (χ3n) is 5.33. The van der Waals surface area contributed by atoms with Crippen molar-refractivity contribution in [3.63, 3.8) is 0 Å². The Balaban J connectivity index is 1.61. The molecule has 0 unspecified atom stereocenters. The monoisotopic (exact) mass is 453 g/mol. The summed E-state index contributed by atoms with van der Waals surface area (Å²) in [5.74, 6) is -0.419. The molecule has 0 atom stereocenters. The van der Waals surface area contributed by atoms with E-state index >= 15 is 0 Å². The van der Waals surface area contributed by atoms with Crippen LogP contribution in [-0.2, 0) is 5.41 Å². The zero-order chi connectivity index (χ0) is 21.4. The summed E-state index contributed by atoms with van der Waals surface area (Å²) in [6.07, 6.45) is 4.97. The molecule has 0 bridgehead atoms. The lowest BCUT2D eigenvalue weighted by Gasteiger charge is -2.21. The molecule has 3 heterocycles. The highest BCUT2D eigenvalue weighted by Crippen LogP contribution is 2.57. The minimum Gasteiger partial charge on any atom is -0.316 e. The van der Waals surface area contributed by atoms with E-state index in [1.165, 1.54) is 41.3 Å². The average molecular weight is 454 g/mol. The van der Waals surface area contributed by atoms with Gasteiger partial charge >= 0.3 is 0 Å². The van der Waals surface area contributed by atoms with Crippen molar-refractivity contribution < 1.29 is 13.8 Å². The topological polar surface area (TPSA) is 52.0 Å². The second kappa shape index (κ2) is 8.01. The molecule has 8 heteroatoms. The Morgan fingerprint density at radius 1 is 1.13 bits per heavy atom. The molecule has 1 aliphatic carbocycles.